The second kappa shape index (κ2) is 12.8. The van der Waals surface area contributed by atoms with Gasteiger partial charge in [0.2, 0.25) is 5.91 Å². The Kier molecular flexibility index (Phi) is 9.54. The zero-order valence-electron chi connectivity index (χ0n) is 19.0. The van der Waals surface area contributed by atoms with Crippen molar-refractivity contribution in [3.05, 3.63) is 95.9 Å². The summed E-state index contributed by atoms with van der Waals surface area (Å²) in [4.78, 5) is 20.5. The van der Waals surface area contributed by atoms with Crippen molar-refractivity contribution in [2.45, 2.75) is 18.9 Å². The van der Waals surface area contributed by atoms with E-state index in [-0.39, 0.29) is 25.9 Å². The van der Waals surface area contributed by atoms with Crippen molar-refractivity contribution in [2.24, 2.45) is 5.73 Å². The number of aliphatic hydroxyl groups excluding tert-OH is 1. The van der Waals surface area contributed by atoms with Gasteiger partial charge in [-0.2, -0.15) is 0 Å². The van der Waals surface area contributed by atoms with Gasteiger partial charge in [-0.1, -0.05) is 24.3 Å². The Morgan fingerprint density at radius 3 is 2.54 bits per heavy atom. The molecular formula is C26H29F2N3O3S. The molecule has 35 heavy (non-hydrogen) atoms. The van der Waals surface area contributed by atoms with Crippen LogP contribution in [0.4, 0.5) is 8.78 Å². The maximum absolute atomic E-state index is 14.1. The highest BCUT2D eigenvalue weighted by Gasteiger charge is 2.18. The first-order valence-electron chi connectivity index (χ1n) is 10.8. The number of amides is 1. The van der Waals surface area contributed by atoms with Crippen LogP contribution in [0, 0.1) is 11.6 Å². The summed E-state index contributed by atoms with van der Waals surface area (Å²) in [6.07, 6.45) is 4.44. The first-order valence-corrected chi connectivity index (χ1v) is 11.6. The number of carbonyl (C=O) groups excluding carboxylic acids is 1. The van der Waals surface area contributed by atoms with Gasteiger partial charge in [-0.05, 0) is 54.8 Å². The number of hydrogen-bond acceptors (Lipinski definition) is 6. The monoisotopic (exact) mass is 501 g/mol. The number of methoxy groups -OCH3 is 1. The maximum Gasteiger partial charge on any atom is 0.249 e. The van der Waals surface area contributed by atoms with Gasteiger partial charge in [0.25, 0.3) is 0 Å². The zero-order chi connectivity index (χ0) is 25.2. The minimum Gasteiger partial charge on any atom is -0.391 e. The molecule has 3 N–H and O–H groups in total. The van der Waals surface area contributed by atoms with Crippen LogP contribution >= 0.6 is 11.3 Å². The molecule has 2 aromatic heterocycles. The third-order valence-electron chi connectivity index (χ3n) is 4.95. The van der Waals surface area contributed by atoms with E-state index in [1.807, 2.05) is 18.2 Å². The highest BCUT2D eigenvalue weighted by molar-refractivity contribution is 7.18. The third-order valence-corrected chi connectivity index (χ3v) is 6.01. The summed E-state index contributed by atoms with van der Waals surface area (Å²) in [6, 6.07) is 15.8. The molecule has 2 heterocycles. The van der Waals surface area contributed by atoms with Crippen LogP contribution < -0.4 is 5.73 Å². The summed E-state index contributed by atoms with van der Waals surface area (Å²) in [7, 11) is 1.59. The van der Waals surface area contributed by atoms with E-state index < -0.39 is 11.7 Å². The minimum absolute atomic E-state index is 0. The van der Waals surface area contributed by atoms with Crippen LogP contribution in [0.2, 0.25) is 0 Å². The number of halogens is 2. The molecule has 1 amide bonds. The molecule has 6 nitrogen and oxygen atoms in total. The number of thiazole rings is 1. The average molecular weight is 502 g/mol. The van der Waals surface area contributed by atoms with Gasteiger partial charge in [0.1, 0.15) is 16.6 Å². The summed E-state index contributed by atoms with van der Waals surface area (Å²) in [5.41, 5.74) is 7.24. The molecule has 0 saturated heterocycles. The standard InChI is InChI=1S/C16H10F2N2OS.C10H15NO2.2H2/c17-10-6-4-9(5-7-10)13-8-20-16(22-13)14-11(15(19)21)2-1-3-12(14)18;1-13-8-10(12)6-5-9-4-2-3-7-11-9;;/h1-8H,(H2,19,21);2-4,7,10,12H,5-6,8H2,1H3;2*1H/t;10-;;/m.0../s1. The number of nitrogens with zero attached hydrogens (tertiary/aromatic N) is 2. The first-order chi connectivity index (χ1) is 16.9. The highest BCUT2D eigenvalue weighted by atomic mass is 32.1. The van der Waals surface area contributed by atoms with Gasteiger partial charge in [0.15, 0.2) is 0 Å². The van der Waals surface area contributed by atoms with Gasteiger partial charge in [-0.15, -0.1) is 11.3 Å². The molecule has 2 aromatic carbocycles. The summed E-state index contributed by atoms with van der Waals surface area (Å²) < 4.78 is 31.8. The lowest BCUT2D eigenvalue weighted by Gasteiger charge is -2.07. The van der Waals surface area contributed by atoms with Crippen molar-refractivity contribution in [1.29, 1.82) is 0 Å². The fourth-order valence-corrected chi connectivity index (χ4v) is 4.20. The van der Waals surface area contributed by atoms with Gasteiger partial charge in [-0.25, -0.2) is 13.8 Å². The van der Waals surface area contributed by atoms with E-state index in [2.05, 4.69) is 9.97 Å². The molecule has 1 atom stereocenters. The van der Waals surface area contributed by atoms with Crippen LogP contribution in [0.3, 0.4) is 0 Å². The van der Waals surface area contributed by atoms with Crippen molar-refractivity contribution in [3.63, 3.8) is 0 Å². The zero-order valence-corrected chi connectivity index (χ0v) is 19.8. The Bertz CT molecular complexity index is 1250. The number of aromatic nitrogens is 2. The van der Waals surface area contributed by atoms with Gasteiger partial charge in [-0.3, -0.25) is 9.78 Å². The number of hydrogen-bond donors (Lipinski definition) is 2. The lowest BCUT2D eigenvalue weighted by Crippen LogP contribution is -2.14. The summed E-state index contributed by atoms with van der Waals surface area (Å²) in [5, 5.41) is 9.71. The predicted molar refractivity (Wildman–Crippen MR) is 136 cm³/mol. The molecule has 0 aliphatic heterocycles. The van der Waals surface area contributed by atoms with Crippen LogP contribution in [0.25, 0.3) is 21.0 Å². The van der Waals surface area contributed by atoms with Crippen LogP contribution in [0.5, 0.6) is 0 Å². The van der Waals surface area contributed by atoms with Crippen LogP contribution in [0.15, 0.2) is 73.1 Å². The topological polar surface area (TPSA) is 98.3 Å². The number of aliphatic hydroxyl groups is 1. The van der Waals surface area contributed by atoms with Crippen molar-refractivity contribution in [3.8, 4) is 21.0 Å². The molecule has 4 rings (SSSR count). The average Bonchev–Trinajstić information content (AvgIpc) is 3.34. The molecule has 0 saturated carbocycles. The fourth-order valence-electron chi connectivity index (χ4n) is 3.22. The molecule has 0 spiro atoms. The molecule has 0 aliphatic carbocycles. The number of rotatable bonds is 8. The van der Waals surface area contributed by atoms with Gasteiger partial charge in [0.05, 0.1) is 28.7 Å². The lowest BCUT2D eigenvalue weighted by molar-refractivity contribution is 0.0594. The number of primary amides is 1. The molecular weight excluding hydrogens is 472 g/mol. The van der Waals surface area contributed by atoms with E-state index in [4.69, 9.17) is 10.5 Å². The lowest BCUT2D eigenvalue weighted by atomic mass is 10.1. The largest absolute Gasteiger partial charge is 0.391 e. The second-order valence-electron chi connectivity index (χ2n) is 7.53. The molecule has 9 heteroatoms. The fraction of sp³-hybridized carbons (Fsp3) is 0.192. The normalized spacial score (nSPS) is 11.4. The summed E-state index contributed by atoms with van der Waals surface area (Å²) >= 11 is 1.21. The smallest absolute Gasteiger partial charge is 0.249 e. The Labute approximate surface area is 209 Å². The maximum atomic E-state index is 14.1. The SMILES string of the molecule is COC[C@@H](O)CCc1ccccn1.NC(=O)c1cccc(F)c1-c1ncc(-c2ccc(F)cc2)s1.[HH].[HH]. The predicted octanol–water partition coefficient (Wildman–Crippen LogP) is 5.37. The first kappa shape index (κ1) is 26.1. The Balaban J connectivity index is 0.000000396. The number of carbonyl (C=O) groups is 1. The molecule has 0 aliphatic rings. The molecule has 0 bridgehead atoms. The number of aryl methyl sites for hydroxylation is 1. The van der Waals surface area contributed by atoms with Crippen LogP contribution in [0.1, 0.15) is 25.3 Å². The van der Waals surface area contributed by atoms with E-state index in [0.29, 0.717) is 18.0 Å². The van der Waals surface area contributed by atoms with Crippen LogP contribution in [-0.4, -0.2) is 40.8 Å². The Morgan fingerprint density at radius 2 is 1.89 bits per heavy atom. The van der Waals surface area contributed by atoms with Crippen LogP contribution in [-0.2, 0) is 11.2 Å². The minimum atomic E-state index is -0.715. The van der Waals surface area contributed by atoms with Gasteiger partial charge in [0, 0.05) is 28.1 Å². The summed E-state index contributed by atoms with van der Waals surface area (Å²) in [6.45, 7) is 0.396. The Morgan fingerprint density at radius 1 is 1.11 bits per heavy atom. The van der Waals surface area contributed by atoms with Crippen molar-refractivity contribution >= 4 is 17.2 Å². The third kappa shape index (κ3) is 7.48. The van der Waals surface area contributed by atoms with Crippen molar-refractivity contribution < 1.29 is 26.3 Å². The van der Waals surface area contributed by atoms with Crippen molar-refractivity contribution in [1.82, 2.24) is 9.97 Å². The Hall–Kier alpha value is -3.53. The molecule has 0 fully saturated rings. The van der Waals surface area contributed by atoms with Gasteiger partial charge >= 0.3 is 0 Å². The van der Waals surface area contributed by atoms with E-state index in [1.165, 1.54) is 41.7 Å². The van der Waals surface area contributed by atoms with Gasteiger partial charge < -0.3 is 15.6 Å². The number of pyridine rings is 1. The highest BCUT2D eigenvalue weighted by Crippen LogP contribution is 2.35. The molecule has 186 valence electrons. The van der Waals surface area contributed by atoms with E-state index in [9.17, 15) is 18.7 Å². The second-order valence-corrected chi connectivity index (χ2v) is 8.56. The van der Waals surface area contributed by atoms with E-state index in [0.717, 1.165) is 22.6 Å². The number of benzene rings is 2. The molecule has 4 aromatic rings. The van der Waals surface area contributed by atoms with Crippen molar-refractivity contribution in [2.75, 3.05) is 13.7 Å². The van der Waals surface area contributed by atoms with E-state index >= 15 is 0 Å². The van der Waals surface area contributed by atoms with E-state index in [1.54, 1.807) is 31.6 Å². The molecule has 0 radical (unpaired) electrons. The summed E-state index contributed by atoms with van der Waals surface area (Å²) in [5.74, 6) is -1.61. The quantitative estimate of drug-likeness (QED) is 0.338. The number of nitrogens with two attached hydrogens (primary N) is 1. The number of ether oxygens (including phenoxy) is 1. The molecule has 0 unspecified atom stereocenters.